The molecule has 0 aromatic heterocycles. The van der Waals surface area contributed by atoms with Crippen LogP contribution in [0.1, 0.15) is 53.4 Å². The molecule has 1 aliphatic carbocycles. The summed E-state index contributed by atoms with van der Waals surface area (Å²) in [6.07, 6.45) is 3.17. The zero-order chi connectivity index (χ0) is 21.2. The van der Waals surface area contributed by atoms with Gasteiger partial charge in [0, 0.05) is 5.54 Å². The number of likely N-dealkylation sites (N-methyl/N-ethyl adjacent to an activating group) is 1. The average molecular weight is 401 g/mol. The van der Waals surface area contributed by atoms with E-state index in [0.29, 0.717) is 25.1 Å². The van der Waals surface area contributed by atoms with Gasteiger partial charge in [-0.2, -0.15) is 0 Å². The van der Waals surface area contributed by atoms with E-state index in [4.69, 9.17) is 0 Å². The monoisotopic (exact) mass is 400 g/mol. The largest absolute Gasteiger partial charge is 0.350 e. The number of nitrogens with zero attached hydrogens (tertiary/aromatic N) is 2. The Kier molecular flexibility index (Phi) is 5.98. The average Bonchev–Trinajstić information content (AvgIpc) is 3.11. The fourth-order valence-corrected chi connectivity index (χ4v) is 4.33. The number of carbonyl (C=O) groups is 3. The van der Waals surface area contributed by atoms with Gasteiger partial charge in [-0.1, -0.05) is 31.9 Å². The van der Waals surface area contributed by atoms with Crippen molar-refractivity contribution in [2.24, 2.45) is 0 Å². The number of nitrogens with one attached hydrogen (secondary N) is 2. The van der Waals surface area contributed by atoms with Gasteiger partial charge in [-0.25, -0.2) is 0 Å². The van der Waals surface area contributed by atoms with E-state index in [0.717, 1.165) is 18.5 Å². The molecular formula is C22H32N4O3. The van der Waals surface area contributed by atoms with Crippen LogP contribution in [0, 0.1) is 0 Å². The molecular weight excluding hydrogens is 368 g/mol. The Hall–Kier alpha value is -2.41. The maximum atomic E-state index is 13.5. The van der Waals surface area contributed by atoms with Gasteiger partial charge in [0.15, 0.2) is 0 Å². The zero-order valence-corrected chi connectivity index (χ0v) is 17.9. The lowest BCUT2D eigenvalue weighted by molar-refractivity contribution is -0.129. The number of fused-ring (bicyclic) bond motifs is 1. The summed E-state index contributed by atoms with van der Waals surface area (Å²) in [6.45, 7) is 8.53. The number of hydrogen-bond donors (Lipinski definition) is 2. The summed E-state index contributed by atoms with van der Waals surface area (Å²) in [6, 6.07) is 7.44. The highest BCUT2D eigenvalue weighted by Crippen LogP contribution is 2.45. The molecule has 3 rings (SSSR count). The third-order valence-corrected chi connectivity index (χ3v) is 5.61. The van der Waals surface area contributed by atoms with Crippen molar-refractivity contribution >= 4 is 29.1 Å². The van der Waals surface area contributed by atoms with E-state index in [9.17, 15) is 14.4 Å². The van der Waals surface area contributed by atoms with Crippen molar-refractivity contribution in [3.8, 4) is 0 Å². The van der Waals surface area contributed by atoms with Crippen LogP contribution >= 0.6 is 0 Å². The Morgan fingerprint density at radius 1 is 1.17 bits per heavy atom. The Morgan fingerprint density at radius 2 is 1.83 bits per heavy atom. The summed E-state index contributed by atoms with van der Waals surface area (Å²) in [5, 5.41) is 5.93. The molecule has 2 aliphatic rings. The number of benzene rings is 1. The molecule has 7 nitrogen and oxygen atoms in total. The van der Waals surface area contributed by atoms with Gasteiger partial charge in [0.2, 0.25) is 11.8 Å². The summed E-state index contributed by atoms with van der Waals surface area (Å²) < 4.78 is 0. The minimum atomic E-state index is -0.821. The van der Waals surface area contributed by atoms with Crippen molar-refractivity contribution in [1.29, 1.82) is 0 Å². The number of hydrogen-bond acceptors (Lipinski definition) is 4. The first kappa shape index (κ1) is 21.3. The number of para-hydroxylation sites is 2. The van der Waals surface area contributed by atoms with Gasteiger partial charge in [-0.3, -0.25) is 24.2 Å². The normalized spacial score (nSPS) is 18.0. The van der Waals surface area contributed by atoms with Gasteiger partial charge in [0.1, 0.15) is 5.54 Å². The quantitative estimate of drug-likeness (QED) is 0.796. The van der Waals surface area contributed by atoms with Gasteiger partial charge in [-0.05, 0) is 52.3 Å². The van der Waals surface area contributed by atoms with Crippen molar-refractivity contribution < 1.29 is 14.4 Å². The second kappa shape index (κ2) is 8.14. The second-order valence-electron chi connectivity index (χ2n) is 9.04. The van der Waals surface area contributed by atoms with Crippen LogP contribution in [0.3, 0.4) is 0 Å². The predicted molar refractivity (Wildman–Crippen MR) is 114 cm³/mol. The van der Waals surface area contributed by atoms with Gasteiger partial charge < -0.3 is 10.6 Å². The Bertz CT molecular complexity index is 793. The van der Waals surface area contributed by atoms with Crippen molar-refractivity contribution in [2.45, 2.75) is 64.5 Å². The topological polar surface area (TPSA) is 81.8 Å². The van der Waals surface area contributed by atoms with Gasteiger partial charge in [0.05, 0.1) is 24.5 Å². The van der Waals surface area contributed by atoms with Crippen molar-refractivity contribution in [1.82, 2.24) is 10.2 Å². The molecule has 1 fully saturated rings. The fourth-order valence-electron chi connectivity index (χ4n) is 4.33. The Morgan fingerprint density at radius 3 is 2.45 bits per heavy atom. The van der Waals surface area contributed by atoms with E-state index in [1.807, 2.05) is 56.9 Å². The van der Waals surface area contributed by atoms with E-state index < -0.39 is 5.54 Å². The Labute approximate surface area is 172 Å². The fraction of sp³-hybridized carbons (Fsp3) is 0.591. The molecule has 1 heterocycles. The standard InChI is InChI=1S/C22H32N4O3/c1-5-25(14-18(27)24-21(2,3)4)15-19(28)26-17-11-7-6-10-16(17)23-20(29)22(26)12-8-9-13-22/h6-7,10-11H,5,8-9,12-15H2,1-4H3,(H,23,29)(H,24,27). The summed E-state index contributed by atoms with van der Waals surface area (Å²) in [5.74, 6) is -0.352. The third-order valence-electron chi connectivity index (χ3n) is 5.61. The van der Waals surface area contributed by atoms with Crippen molar-refractivity contribution in [3.05, 3.63) is 24.3 Å². The molecule has 0 bridgehead atoms. The van der Waals surface area contributed by atoms with Crippen LogP contribution in [0.5, 0.6) is 0 Å². The van der Waals surface area contributed by atoms with E-state index in [-0.39, 0.29) is 36.3 Å². The molecule has 1 aromatic rings. The molecule has 1 spiro atoms. The number of carbonyl (C=O) groups excluding carboxylic acids is 3. The second-order valence-corrected chi connectivity index (χ2v) is 9.04. The molecule has 2 N–H and O–H groups in total. The van der Waals surface area contributed by atoms with E-state index in [1.54, 1.807) is 4.90 Å². The molecule has 7 heteroatoms. The lowest BCUT2D eigenvalue weighted by atomic mass is 9.89. The van der Waals surface area contributed by atoms with Crippen LogP contribution in [0.25, 0.3) is 0 Å². The highest BCUT2D eigenvalue weighted by Gasteiger charge is 2.52. The van der Waals surface area contributed by atoms with Crippen molar-refractivity contribution in [2.75, 3.05) is 29.9 Å². The summed E-state index contributed by atoms with van der Waals surface area (Å²) in [4.78, 5) is 42.4. The van der Waals surface area contributed by atoms with Gasteiger partial charge in [-0.15, -0.1) is 0 Å². The van der Waals surface area contributed by atoms with Crippen LogP contribution in [0.2, 0.25) is 0 Å². The highest BCUT2D eigenvalue weighted by molar-refractivity contribution is 6.15. The maximum Gasteiger partial charge on any atom is 0.250 e. The molecule has 29 heavy (non-hydrogen) atoms. The lowest BCUT2D eigenvalue weighted by Gasteiger charge is -2.45. The number of anilines is 2. The van der Waals surface area contributed by atoms with Crippen molar-refractivity contribution in [3.63, 3.8) is 0 Å². The zero-order valence-electron chi connectivity index (χ0n) is 17.9. The minimum absolute atomic E-state index is 0.0947. The predicted octanol–water partition coefficient (Wildman–Crippen LogP) is 2.52. The van der Waals surface area contributed by atoms with Crippen LogP contribution in [-0.2, 0) is 14.4 Å². The first-order valence-corrected chi connectivity index (χ1v) is 10.4. The van der Waals surface area contributed by atoms with E-state index in [1.165, 1.54) is 0 Å². The van der Waals surface area contributed by atoms with Gasteiger partial charge in [0.25, 0.3) is 5.91 Å². The molecule has 0 atom stereocenters. The number of amides is 3. The summed E-state index contributed by atoms with van der Waals surface area (Å²) >= 11 is 0. The first-order valence-electron chi connectivity index (χ1n) is 10.4. The highest BCUT2D eigenvalue weighted by atomic mass is 16.2. The molecule has 3 amide bonds. The molecule has 0 radical (unpaired) electrons. The smallest absolute Gasteiger partial charge is 0.250 e. The third kappa shape index (κ3) is 4.45. The van der Waals surface area contributed by atoms with E-state index >= 15 is 0 Å². The van der Waals surface area contributed by atoms with Crippen LogP contribution in [-0.4, -0.2) is 53.3 Å². The van der Waals surface area contributed by atoms with Crippen LogP contribution in [0.15, 0.2) is 24.3 Å². The molecule has 0 saturated heterocycles. The van der Waals surface area contributed by atoms with Crippen LogP contribution < -0.4 is 15.5 Å². The first-order chi connectivity index (χ1) is 13.7. The SMILES string of the molecule is CCN(CC(=O)NC(C)(C)C)CC(=O)N1c2ccccc2NC(=O)C12CCCC2. The molecule has 0 unspecified atom stereocenters. The lowest BCUT2D eigenvalue weighted by Crippen LogP contribution is -2.62. The maximum absolute atomic E-state index is 13.5. The summed E-state index contributed by atoms with van der Waals surface area (Å²) in [5.41, 5.74) is 0.266. The molecule has 1 saturated carbocycles. The molecule has 1 aliphatic heterocycles. The van der Waals surface area contributed by atoms with Crippen LogP contribution in [0.4, 0.5) is 11.4 Å². The molecule has 1 aromatic carbocycles. The summed E-state index contributed by atoms with van der Waals surface area (Å²) in [7, 11) is 0. The Balaban J connectivity index is 1.83. The minimum Gasteiger partial charge on any atom is -0.350 e. The number of rotatable bonds is 5. The van der Waals surface area contributed by atoms with Gasteiger partial charge >= 0.3 is 0 Å². The molecule has 158 valence electrons. The van der Waals surface area contributed by atoms with E-state index in [2.05, 4.69) is 10.6 Å².